The second-order valence-corrected chi connectivity index (χ2v) is 15.0. The first-order valence-corrected chi connectivity index (χ1v) is 18.6. The Morgan fingerprint density at radius 3 is 1.60 bits per heavy atom. The minimum atomic E-state index is 0.0953. The first-order valence-electron chi connectivity index (χ1n) is 17.0. The van der Waals surface area contributed by atoms with Crippen molar-refractivity contribution in [2.45, 2.75) is 11.8 Å². The largest absolute Gasteiger partial charge is 0.228 e. The van der Waals surface area contributed by atoms with Crippen LogP contribution in [0, 0.1) is 0 Å². The van der Waals surface area contributed by atoms with Gasteiger partial charge >= 0.3 is 0 Å². The lowest BCUT2D eigenvalue weighted by atomic mass is 9.76. The summed E-state index contributed by atoms with van der Waals surface area (Å²) in [6, 6.07) is 54.2. The van der Waals surface area contributed by atoms with Crippen molar-refractivity contribution in [1.29, 1.82) is 0 Å². The van der Waals surface area contributed by atoms with Gasteiger partial charge in [-0.2, -0.15) is 0 Å². The van der Waals surface area contributed by atoms with Crippen molar-refractivity contribution in [1.82, 2.24) is 9.97 Å². The van der Waals surface area contributed by atoms with E-state index in [0.717, 1.165) is 33.9 Å². The fourth-order valence-electron chi connectivity index (χ4n) is 7.56. The van der Waals surface area contributed by atoms with Crippen LogP contribution in [0.4, 0.5) is 0 Å². The second-order valence-electron chi connectivity index (χ2n) is 12.9. The van der Waals surface area contributed by atoms with Crippen molar-refractivity contribution in [2.75, 3.05) is 0 Å². The number of nitrogens with zero attached hydrogens (tertiary/aromatic N) is 2. The van der Waals surface area contributed by atoms with E-state index in [1.165, 1.54) is 51.5 Å². The molecular weight excluding hydrogens is 645 g/mol. The summed E-state index contributed by atoms with van der Waals surface area (Å²) in [5, 5.41) is 5.31. The molecule has 1 aliphatic carbocycles. The Hall–Kier alpha value is -5.68. The molecule has 0 saturated carbocycles. The number of allylic oxidation sites excluding steroid dienone is 4. The predicted molar refractivity (Wildman–Crippen MR) is 214 cm³/mol. The Bertz CT molecular complexity index is 2710. The highest BCUT2D eigenvalue weighted by atomic mass is 32.1. The van der Waals surface area contributed by atoms with Gasteiger partial charge in [-0.05, 0) is 34.9 Å². The summed E-state index contributed by atoms with van der Waals surface area (Å²) in [5.74, 6) is 0.977. The van der Waals surface area contributed by atoms with Gasteiger partial charge in [0, 0.05) is 63.3 Å². The van der Waals surface area contributed by atoms with Crippen LogP contribution in [0.15, 0.2) is 170 Å². The molecule has 0 amide bonds. The van der Waals surface area contributed by atoms with E-state index in [4.69, 9.17) is 9.97 Å². The molecule has 0 radical (unpaired) electrons. The molecule has 3 aromatic heterocycles. The maximum atomic E-state index is 5.23. The normalized spacial score (nSPS) is 16.0. The number of fused-ring (bicyclic) bond motifs is 6. The van der Waals surface area contributed by atoms with Gasteiger partial charge in [0.25, 0.3) is 0 Å². The average Bonchev–Trinajstić information content (AvgIpc) is 3.77. The number of rotatable bonds is 5. The number of thiophene rings is 2. The van der Waals surface area contributed by atoms with Crippen molar-refractivity contribution in [3.05, 3.63) is 187 Å². The van der Waals surface area contributed by atoms with Crippen LogP contribution >= 0.6 is 22.7 Å². The van der Waals surface area contributed by atoms with Gasteiger partial charge in [0.05, 0.1) is 11.4 Å². The Labute approximate surface area is 298 Å². The van der Waals surface area contributed by atoms with Crippen LogP contribution in [0.1, 0.15) is 28.7 Å². The quantitative estimate of drug-likeness (QED) is 0.182. The smallest absolute Gasteiger partial charge is 0.160 e. The highest BCUT2D eigenvalue weighted by Crippen LogP contribution is 2.49. The molecule has 4 heteroatoms. The van der Waals surface area contributed by atoms with E-state index in [0.29, 0.717) is 0 Å². The van der Waals surface area contributed by atoms with Gasteiger partial charge in [0.15, 0.2) is 5.82 Å². The molecule has 1 aliphatic rings. The zero-order valence-corrected chi connectivity index (χ0v) is 28.7. The van der Waals surface area contributed by atoms with Gasteiger partial charge in [-0.25, -0.2) is 9.97 Å². The molecule has 236 valence electrons. The first kappa shape index (κ1) is 29.3. The van der Waals surface area contributed by atoms with Crippen molar-refractivity contribution in [3.63, 3.8) is 0 Å². The van der Waals surface area contributed by atoms with Gasteiger partial charge < -0.3 is 0 Å². The molecule has 2 atom stereocenters. The van der Waals surface area contributed by atoms with E-state index in [1.807, 2.05) is 46.9 Å². The fourth-order valence-corrected chi connectivity index (χ4v) is 10.1. The van der Waals surface area contributed by atoms with Gasteiger partial charge in [0.1, 0.15) is 0 Å². The Balaban J connectivity index is 1.20. The summed E-state index contributed by atoms with van der Waals surface area (Å²) in [6.45, 7) is 0. The molecule has 6 aromatic carbocycles. The maximum absolute atomic E-state index is 5.23. The van der Waals surface area contributed by atoms with Gasteiger partial charge in [-0.1, -0.05) is 152 Å². The molecule has 0 spiro atoms. The van der Waals surface area contributed by atoms with Crippen molar-refractivity contribution >= 4 is 68.6 Å². The lowest BCUT2D eigenvalue weighted by Crippen LogP contribution is -2.12. The molecule has 50 heavy (non-hydrogen) atoms. The summed E-state index contributed by atoms with van der Waals surface area (Å²) in [4.78, 5) is 10.3. The second kappa shape index (κ2) is 12.0. The average molecular weight is 675 g/mol. The van der Waals surface area contributed by atoms with Crippen molar-refractivity contribution in [2.24, 2.45) is 0 Å². The summed E-state index contributed by atoms with van der Waals surface area (Å²) in [5.41, 5.74) is 7.78. The molecule has 2 unspecified atom stereocenters. The number of aromatic nitrogens is 2. The summed E-state index contributed by atoms with van der Waals surface area (Å²) >= 11 is 3.82. The topological polar surface area (TPSA) is 25.8 Å². The van der Waals surface area contributed by atoms with Gasteiger partial charge in [-0.3, -0.25) is 0 Å². The molecule has 3 heterocycles. The molecule has 0 fully saturated rings. The van der Waals surface area contributed by atoms with Crippen LogP contribution in [-0.4, -0.2) is 9.97 Å². The predicted octanol–water partition coefficient (Wildman–Crippen LogP) is 13.1. The molecule has 9 aromatic rings. The van der Waals surface area contributed by atoms with Crippen LogP contribution in [-0.2, 0) is 0 Å². The van der Waals surface area contributed by atoms with Crippen LogP contribution in [0.2, 0.25) is 0 Å². The van der Waals surface area contributed by atoms with E-state index in [2.05, 4.69) is 146 Å². The van der Waals surface area contributed by atoms with Crippen molar-refractivity contribution in [3.8, 4) is 22.6 Å². The first-order chi connectivity index (χ1) is 24.8. The third-order valence-electron chi connectivity index (χ3n) is 9.94. The van der Waals surface area contributed by atoms with E-state index >= 15 is 0 Å². The Morgan fingerprint density at radius 2 is 0.960 bits per heavy atom. The minimum absolute atomic E-state index is 0.0953. The SMILES string of the molecule is C1=CC(c2cccc3c2sc2ccccc23)C(c2cccc3c2sc2ccccc23)C=C1c1cc(-c2ccccc2)nc(-c2ccccc2)n1. The molecule has 2 nitrogen and oxygen atoms in total. The molecule has 0 N–H and O–H groups in total. The van der Waals surface area contributed by atoms with E-state index in [-0.39, 0.29) is 11.8 Å². The van der Waals surface area contributed by atoms with Gasteiger partial charge in [0.2, 0.25) is 0 Å². The van der Waals surface area contributed by atoms with Gasteiger partial charge in [-0.15, -0.1) is 22.7 Å². The molecule has 0 aliphatic heterocycles. The van der Waals surface area contributed by atoms with E-state index in [9.17, 15) is 0 Å². The van der Waals surface area contributed by atoms with Crippen LogP contribution in [0.5, 0.6) is 0 Å². The highest BCUT2D eigenvalue weighted by molar-refractivity contribution is 7.26. The third kappa shape index (κ3) is 4.91. The number of hydrogen-bond donors (Lipinski definition) is 0. The standard InChI is InChI=1S/C46H30N2S2/c1-3-13-29(14-4-1)40-28-41(48-46(47-40)30-15-5-2-6-16-30)31-25-26-32(35-19-11-20-36-33-17-7-9-23-42(33)49-44(35)36)39(27-31)38-22-12-21-37-34-18-8-10-24-43(34)50-45(37)38/h1-28,32,39H. The monoisotopic (exact) mass is 674 g/mol. The highest BCUT2D eigenvalue weighted by Gasteiger charge is 2.29. The zero-order chi connectivity index (χ0) is 33.0. The maximum Gasteiger partial charge on any atom is 0.160 e. The minimum Gasteiger partial charge on any atom is -0.228 e. The van der Waals surface area contributed by atoms with E-state index in [1.54, 1.807) is 0 Å². The summed E-state index contributed by atoms with van der Waals surface area (Å²) in [7, 11) is 0. The van der Waals surface area contributed by atoms with Crippen LogP contribution < -0.4 is 0 Å². The third-order valence-corrected chi connectivity index (χ3v) is 12.4. The number of benzene rings is 6. The molecule has 0 bridgehead atoms. The molecule has 10 rings (SSSR count). The lowest BCUT2D eigenvalue weighted by molar-refractivity contribution is 0.744. The Morgan fingerprint density at radius 1 is 0.440 bits per heavy atom. The van der Waals surface area contributed by atoms with Crippen molar-refractivity contribution < 1.29 is 0 Å². The molecular formula is C46H30N2S2. The lowest BCUT2D eigenvalue weighted by Gasteiger charge is -2.28. The summed E-state index contributed by atoms with van der Waals surface area (Å²) in [6.07, 6.45) is 7.20. The number of hydrogen-bond acceptors (Lipinski definition) is 4. The zero-order valence-electron chi connectivity index (χ0n) is 27.0. The summed E-state index contributed by atoms with van der Waals surface area (Å²) < 4.78 is 5.38. The molecule has 0 saturated heterocycles. The van der Waals surface area contributed by atoms with Crippen LogP contribution in [0.25, 0.3) is 68.6 Å². The Kier molecular flexibility index (Phi) is 7.04. The fraction of sp³-hybridized carbons (Fsp3) is 0.0435. The van der Waals surface area contributed by atoms with Crippen LogP contribution in [0.3, 0.4) is 0 Å². The van der Waals surface area contributed by atoms with E-state index < -0.39 is 0 Å².